The van der Waals surface area contributed by atoms with Crippen LogP contribution in [0.4, 0.5) is 18.9 Å². The van der Waals surface area contributed by atoms with Gasteiger partial charge in [0.05, 0.1) is 31.7 Å². The highest BCUT2D eigenvalue weighted by Crippen LogP contribution is 2.32. The number of rotatable bonds is 13. The molecular weight excluding hydrogens is 447 g/mol. The van der Waals surface area contributed by atoms with Gasteiger partial charge in [-0.15, -0.1) is 0 Å². The molecule has 0 saturated carbocycles. The number of aromatic nitrogens is 2. The van der Waals surface area contributed by atoms with E-state index < -0.39 is 43.1 Å². The van der Waals surface area contributed by atoms with E-state index >= 15 is 0 Å². The zero-order chi connectivity index (χ0) is 24.4. The van der Waals surface area contributed by atoms with Gasteiger partial charge in [0.15, 0.2) is 0 Å². The SMILES string of the molecule is CCOC(=O)/C=C/COC[C@H](C)Nc1cnn(COCC[Si](C)(C)C)c(=O)c1C(F)(F)F. The van der Waals surface area contributed by atoms with Crippen molar-refractivity contribution in [3.63, 3.8) is 0 Å². The molecule has 0 unspecified atom stereocenters. The Balaban J connectivity index is 2.76. The summed E-state index contributed by atoms with van der Waals surface area (Å²) in [4.78, 5) is 23.6. The number of ether oxygens (including phenoxy) is 3. The Bertz CT molecular complexity index is 822. The van der Waals surface area contributed by atoms with E-state index in [4.69, 9.17) is 14.2 Å². The lowest BCUT2D eigenvalue weighted by atomic mass is 10.2. The first kappa shape index (κ1) is 27.9. The summed E-state index contributed by atoms with van der Waals surface area (Å²) in [5.74, 6) is -0.506. The first-order valence-electron chi connectivity index (χ1n) is 10.3. The van der Waals surface area contributed by atoms with Crippen molar-refractivity contribution < 1.29 is 32.2 Å². The number of carbonyl (C=O) groups excluding carboxylic acids is 1. The summed E-state index contributed by atoms with van der Waals surface area (Å²) in [6.07, 6.45) is -1.26. The average Bonchev–Trinajstić information content (AvgIpc) is 2.64. The zero-order valence-corrected chi connectivity index (χ0v) is 20.1. The topological polar surface area (TPSA) is 91.7 Å². The van der Waals surface area contributed by atoms with E-state index in [1.807, 2.05) is 0 Å². The molecule has 0 radical (unpaired) electrons. The molecule has 1 N–H and O–H groups in total. The van der Waals surface area contributed by atoms with Gasteiger partial charge in [0.1, 0.15) is 12.3 Å². The minimum absolute atomic E-state index is 0.0351. The van der Waals surface area contributed by atoms with Crippen LogP contribution in [-0.2, 0) is 31.9 Å². The largest absolute Gasteiger partial charge is 0.463 e. The molecule has 182 valence electrons. The summed E-state index contributed by atoms with van der Waals surface area (Å²) in [7, 11) is -1.37. The molecule has 0 aliphatic carbocycles. The molecule has 0 aliphatic heterocycles. The maximum absolute atomic E-state index is 13.6. The third-order valence-corrected chi connectivity index (χ3v) is 5.77. The molecule has 32 heavy (non-hydrogen) atoms. The number of alkyl halides is 3. The van der Waals surface area contributed by atoms with E-state index in [1.54, 1.807) is 13.8 Å². The minimum atomic E-state index is -4.87. The molecule has 0 fully saturated rings. The lowest BCUT2D eigenvalue weighted by molar-refractivity contribution is -0.139. The second-order valence-corrected chi connectivity index (χ2v) is 13.9. The molecule has 0 aromatic carbocycles. The van der Waals surface area contributed by atoms with Crippen LogP contribution in [0.2, 0.25) is 25.7 Å². The Morgan fingerprint density at radius 3 is 2.59 bits per heavy atom. The van der Waals surface area contributed by atoms with Crippen molar-refractivity contribution in [3.8, 4) is 0 Å². The molecule has 1 rings (SSSR count). The van der Waals surface area contributed by atoms with Crippen LogP contribution in [0.25, 0.3) is 0 Å². The van der Waals surface area contributed by atoms with Gasteiger partial charge in [0.2, 0.25) is 0 Å². The first-order valence-corrected chi connectivity index (χ1v) is 14.0. The number of anilines is 1. The second kappa shape index (κ2) is 12.8. The Hall–Kier alpha value is -2.18. The Morgan fingerprint density at radius 2 is 2.00 bits per heavy atom. The normalized spacial score (nSPS) is 13.4. The highest BCUT2D eigenvalue weighted by molar-refractivity contribution is 6.76. The minimum Gasteiger partial charge on any atom is -0.463 e. The summed E-state index contributed by atoms with van der Waals surface area (Å²) >= 11 is 0. The number of halogens is 3. The van der Waals surface area contributed by atoms with Crippen LogP contribution in [0.15, 0.2) is 23.1 Å². The lowest BCUT2D eigenvalue weighted by Crippen LogP contribution is -2.34. The van der Waals surface area contributed by atoms with Crippen LogP contribution in [-0.4, -0.2) is 56.3 Å². The van der Waals surface area contributed by atoms with Crippen molar-refractivity contribution in [2.75, 3.05) is 31.7 Å². The Morgan fingerprint density at radius 1 is 1.31 bits per heavy atom. The summed E-state index contributed by atoms with van der Waals surface area (Å²) in [6, 6.07) is 0.261. The number of nitrogens with zero attached hydrogens (tertiary/aromatic N) is 2. The molecule has 1 aromatic rings. The summed E-state index contributed by atoms with van der Waals surface area (Å²) in [6.45, 7) is 10.1. The molecular formula is C20H32F3N3O5Si. The van der Waals surface area contributed by atoms with Crippen LogP contribution in [0.5, 0.6) is 0 Å². The van der Waals surface area contributed by atoms with E-state index in [0.717, 1.165) is 12.2 Å². The van der Waals surface area contributed by atoms with Gasteiger partial charge >= 0.3 is 12.1 Å². The van der Waals surface area contributed by atoms with Crippen LogP contribution in [0.3, 0.4) is 0 Å². The van der Waals surface area contributed by atoms with Crippen molar-refractivity contribution in [2.45, 2.75) is 58.5 Å². The average molecular weight is 480 g/mol. The maximum Gasteiger partial charge on any atom is 0.423 e. The Kier molecular flexibility index (Phi) is 11.1. The van der Waals surface area contributed by atoms with Gasteiger partial charge in [-0.25, -0.2) is 9.48 Å². The van der Waals surface area contributed by atoms with Crippen molar-refractivity contribution in [2.24, 2.45) is 0 Å². The maximum atomic E-state index is 13.6. The number of hydrogen-bond acceptors (Lipinski definition) is 7. The fraction of sp³-hybridized carbons (Fsp3) is 0.650. The summed E-state index contributed by atoms with van der Waals surface area (Å²) in [5, 5.41) is 6.43. The molecule has 1 atom stereocenters. The number of carbonyl (C=O) groups is 1. The van der Waals surface area contributed by atoms with Gasteiger partial charge in [-0.2, -0.15) is 18.3 Å². The fourth-order valence-corrected chi connectivity index (χ4v) is 3.20. The third kappa shape index (κ3) is 10.4. The van der Waals surface area contributed by atoms with Gasteiger partial charge in [-0.3, -0.25) is 4.79 Å². The molecule has 8 nitrogen and oxygen atoms in total. The van der Waals surface area contributed by atoms with Crippen LogP contribution >= 0.6 is 0 Å². The summed E-state index contributed by atoms with van der Waals surface area (Å²) < 4.78 is 56.8. The fourth-order valence-electron chi connectivity index (χ4n) is 2.45. The van der Waals surface area contributed by atoms with Crippen molar-refractivity contribution >= 4 is 19.7 Å². The van der Waals surface area contributed by atoms with E-state index in [9.17, 15) is 22.8 Å². The van der Waals surface area contributed by atoms with Crippen molar-refractivity contribution in [1.29, 1.82) is 0 Å². The van der Waals surface area contributed by atoms with Crippen LogP contribution in [0, 0.1) is 0 Å². The highest BCUT2D eigenvalue weighted by atomic mass is 28.3. The lowest BCUT2D eigenvalue weighted by Gasteiger charge is -2.20. The van der Waals surface area contributed by atoms with Gasteiger partial charge in [-0.05, 0) is 19.9 Å². The van der Waals surface area contributed by atoms with E-state index in [1.165, 1.54) is 12.2 Å². The third-order valence-electron chi connectivity index (χ3n) is 4.06. The van der Waals surface area contributed by atoms with E-state index in [2.05, 4.69) is 30.1 Å². The van der Waals surface area contributed by atoms with Crippen molar-refractivity contribution in [1.82, 2.24) is 9.78 Å². The molecule has 12 heteroatoms. The summed E-state index contributed by atoms with van der Waals surface area (Å²) in [5.41, 5.74) is -3.05. The monoisotopic (exact) mass is 479 g/mol. The number of hydrogen-bond donors (Lipinski definition) is 1. The molecule has 1 heterocycles. The predicted molar refractivity (Wildman–Crippen MR) is 117 cm³/mol. The van der Waals surface area contributed by atoms with Gasteiger partial charge in [-0.1, -0.05) is 25.7 Å². The van der Waals surface area contributed by atoms with Gasteiger partial charge in [0, 0.05) is 26.8 Å². The smallest absolute Gasteiger partial charge is 0.423 e. The van der Waals surface area contributed by atoms with Gasteiger partial charge < -0.3 is 19.5 Å². The zero-order valence-electron chi connectivity index (χ0n) is 19.1. The number of esters is 1. The number of nitrogens with one attached hydrogen (secondary N) is 1. The molecule has 0 amide bonds. The molecule has 0 saturated heterocycles. The molecule has 0 bridgehead atoms. The molecule has 0 spiro atoms. The van der Waals surface area contributed by atoms with Crippen LogP contribution in [0.1, 0.15) is 19.4 Å². The molecule has 1 aromatic heterocycles. The van der Waals surface area contributed by atoms with Crippen molar-refractivity contribution in [3.05, 3.63) is 34.3 Å². The standard InChI is InChI=1S/C20H32F3N3O5Si/c1-6-31-17(27)8-7-9-29-13-15(2)25-16-12-24-26(14-30-10-11-32(3,4)5)19(28)18(16)20(21,22)23/h7-8,12,15,25H,6,9-11,13-14H2,1-5H3/b8-7+/t15-/m0/s1. The quantitative estimate of drug-likeness (QED) is 0.200. The van der Waals surface area contributed by atoms with Gasteiger partial charge in [0.25, 0.3) is 5.56 Å². The van der Waals surface area contributed by atoms with Crippen LogP contribution < -0.4 is 10.9 Å². The highest BCUT2D eigenvalue weighted by Gasteiger charge is 2.38. The molecule has 0 aliphatic rings. The first-order chi connectivity index (χ1) is 14.8. The van der Waals surface area contributed by atoms with E-state index in [0.29, 0.717) is 11.3 Å². The Labute approximate surface area is 186 Å². The predicted octanol–water partition coefficient (Wildman–Crippen LogP) is 3.51. The van der Waals surface area contributed by atoms with E-state index in [-0.39, 0.29) is 26.6 Å². The second-order valence-electron chi connectivity index (χ2n) is 8.32.